The first-order valence-electron chi connectivity index (χ1n) is 7.06. The van der Waals surface area contributed by atoms with Gasteiger partial charge < -0.3 is 15.3 Å². The minimum Gasteiger partial charge on any atom is -0.378 e. The molecule has 116 valence electrons. The average Bonchev–Trinajstić information content (AvgIpc) is 2.43. The van der Waals surface area contributed by atoms with Crippen LogP contribution in [0.2, 0.25) is 10.0 Å². The van der Waals surface area contributed by atoms with Gasteiger partial charge in [-0.3, -0.25) is 4.79 Å². The van der Waals surface area contributed by atoms with E-state index in [1.54, 1.807) is 18.2 Å². The summed E-state index contributed by atoms with van der Waals surface area (Å²) >= 11 is 11.8. The van der Waals surface area contributed by atoms with Crippen molar-refractivity contribution in [2.24, 2.45) is 5.92 Å². The Morgan fingerprint density at radius 3 is 2.71 bits per heavy atom. The predicted octanol–water partition coefficient (Wildman–Crippen LogP) is 2.48. The maximum Gasteiger partial charge on any atom is 0.253 e. The fourth-order valence-electron chi connectivity index (χ4n) is 2.67. The first kappa shape index (κ1) is 16.6. The number of halogens is 2. The van der Waals surface area contributed by atoms with Gasteiger partial charge in [0.05, 0.1) is 0 Å². The molecule has 2 atom stereocenters. The fourth-order valence-corrected chi connectivity index (χ4v) is 3.21. The molecule has 6 heteroatoms. The third kappa shape index (κ3) is 4.85. The Labute approximate surface area is 135 Å². The Bertz CT molecular complexity index is 490. The van der Waals surface area contributed by atoms with Gasteiger partial charge in [-0.1, -0.05) is 23.2 Å². The van der Waals surface area contributed by atoms with E-state index in [1.165, 1.54) is 0 Å². The van der Waals surface area contributed by atoms with E-state index in [4.69, 9.17) is 23.2 Å². The molecule has 1 amide bonds. The largest absolute Gasteiger partial charge is 0.378 e. The first-order valence-corrected chi connectivity index (χ1v) is 7.81. The number of carbonyl (C=O) groups is 1. The highest BCUT2D eigenvalue weighted by Gasteiger charge is 2.21. The van der Waals surface area contributed by atoms with Gasteiger partial charge in [-0.2, -0.15) is 0 Å². The van der Waals surface area contributed by atoms with Crippen LogP contribution in [0.15, 0.2) is 18.2 Å². The fraction of sp³-hybridized carbons (Fsp3) is 0.533. The summed E-state index contributed by atoms with van der Waals surface area (Å²) in [5.41, 5.74) is 0.408. The molecule has 1 aromatic carbocycles. The Balaban J connectivity index is 1.90. The molecule has 0 spiro atoms. The van der Waals surface area contributed by atoms with Gasteiger partial charge >= 0.3 is 0 Å². The average molecular weight is 331 g/mol. The lowest BCUT2D eigenvalue weighted by Gasteiger charge is -2.29. The lowest BCUT2D eigenvalue weighted by molar-refractivity contribution is -0.129. The molecule has 1 aliphatic heterocycles. The van der Waals surface area contributed by atoms with Crippen LogP contribution in [0, 0.1) is 5.92 Å². The highest BCUT2D eigenvalue weighted by molar-refractivity contribution is 6.34. The first-order chi connectivity index (χ1) is 9.95. The zero-order valence-electron chi connectivity index (χ0n) is 12.0. The second-order valence-corrected chi connectivity index (χ2v) is 6.49. The maximum atomic E-state index is 12.0. The van der Waals surface area contributed by atoms with Crippen molar-refractivity contribution in [3.8, 4) is 0 Å². The summed E-state index contributed by atoms with van der Waals surface area (Å²) in [4.78, 5) is 14.3. The number of likely N-dealkylation sites (tertiary alicyclic amines) is 1. The Morgan fingerprint density at radius 1 is 1.43 bits per heavy atom. The molecule has 1 aromatic rings. The molecule has 1 heterocycles. The van der Waals surface area contributed by atoms with Crippen molar-refractivity contribution in [1.82, 2.24) is 10.2 Å². The van der Waals surface area contributed by atoms with Crippen molar-refractivity contribution in [2.75, 3.05) is 26.7 Å². The monoisotopic (exact) mass is 330 g/mol. The van der Waals surface area contributed by atoms with Crippen LogP contribution in [0.3, 0.4) is 0 Å². The lowest BCUT2D eigenvalue weighted by Crippen LogP contribution is -2.40. The van der Waals surface area contributed by atoms with Crippen LogP contribution < -0.4 is 5.32 Å². The molecule has 0 bridgehead atoms. The standard InChI is InChI=1S/C15H20Cl2N2O2/c1-19-4-2-3-10(9-19)8-18-15(21)14(20)11-5-12(16)7-13(17)6-11/h5-7,10,14,20H,2-4,8-9H2,1H3,(H,18,21). The van der Waals surface area contributed by atoms with Gasteiger partial charge in [-0.15, -0.1) is 0 Å². The lowest BCUT2D eigenvalue weighted by atomic mass is 9.98. The van der Waals surface area contributed by atoms with Crippen molar-refractivity contribution < 1.29 is 9.90 Å². The van der Waals surface area contributed by atoms with Gasteiger partial charge in [0.25, 0.3) is 5.91 Å². The van der Waals surface area contributed by atoms with E-state index < -0.39 is 12.0 Å². The molecule has 0 aromatic heterocycles. The zero-order chi connectivity index (χ0) is 15.4. The molecule has 2 rings (SSSR count). The van der Waals surface area contributed by atoms with Crippen molar-refractivity contribution in [2.45, 2.75) is 18.9 Å². The van der Waals surface area contributed by atoms with Gasteiger partial charge in [0.1, 0.15) is 0 Å². The molecular weight excluding hydrogens is 311 g/mol. The number of rotatable bonds is 4. The van der Waals surface area contributed by atoms with Crippen LogP contribution in [-0.2, 0) is 4.79 Å². The smallest absolute Gasteiger partial charge is 0.253 e. The van der Waals surface area contributed by atoms with Crippen molar-refractivity contribution >= 4 is 29.1 Å². The Morgan fingerprint density at radius 2 is 2.10 bits per heavy atom. The molecular formula is C15H20Cl2N2O2. The molecule has 2 unspecified atom stereocenters. The van der Waals surface area contributed by atoms with Gasteiger partial charge in [0.15, 0.2) is 6.10 Å². The molecule has 4 nitrogen and oxygen atoms in total. The molecule has 1 aliphatic rings. The molecule has 1 fully saturated rings. The number of aliphatic hydroxyl groups is 1. The third-order valence-corrected chi connectivity index (χ3v) is 4.17. The Kier molecular flexibility index (Phi) is 5.88. The molecule has 0 aliphatic carbocycles. The number of hydrogen-bond donors (Lipinski definition) is 2. The summed E-state index contributed by atoms with van der Waals surface area (Å²) in [6.45, 7) is 2.65. The van der Waals surface area contributed by atoms with Gasteiger partial charge in [0, 0.05) is 23.1 Å². The van der Waals surface area contributed by atoms with Gasteiger partial charge in [0.2, 0.25) is 0 Å². The van der Waals surface area contributed by atoms with E-state index in [0.29, 0.717) is 28.1 Å². The van der Waals surface area contributed by atoms with E-state index in [-0.39, 0.29) is 0 Å². The van der Waals surface area contributed by atoms with Gasteiger partial charge in [-0.05, 0) is 56.1 Å². The number of benzene rings is 1. The van der Waals surface area contributed by atoms with Crippen LogP contribution in [0.25, 0.3) is 0 Å². The van der Waals surface area contributed by atoms with Crippen molar-refractivity contribution in [3.63, 3.8) is 0 Å². The topological polar surface area (TPSA) is 52.6 Å². The molecule has 0 radical (unpaired) electrons. The summed E-state index contributed by atoms with van der Waals surface area (Å²) in [5.74, 6) is 0.0180. The number of aliphatic hydroxyl groups excluding tert-OH is 1. The van der Waals surface area contributed by atoms with Crippen LogP contribution in [0.4, 0.5) is 0 Å². The highest BCUT2D eigenvalue weighted by Crippen LogP contribution is 2.24. The minimum absolute atomic E-state index is 0.401. The van der Waals surface area contributed by atoms with Crippen molar-refractivity contribution in [1.29, 1.82) is 0 Å². The molecule has 0 saturated carbocycles. The van der Waals surface area contributed by atoms with E-state index in [1.807, 2.05) is 0 Å². The summed E-state index contributed by atoms with van der Waals surface area (Å²) in [5, 5.41) is 13.7. The zero-order valence-corrected chi connectivity index (χ0v) is 13.5. The van der Waals surface area contributed by atoms with E-state index in [9.17, 15) is 9.90 Å². The van der Waals surface area contributed by atoms with Crippen LogP contribution in [0.5, 0.6) is 0 Å². The van der Waals surface area contributed by atoms with Gasteiger partial charge in [-0.25, -0.2) is 0 Å². The van der Waals surface area contributed by atoms with Crippen LogP contribution in [-0.4, -0.2) is 42.6 Å². The number of nitrogens with one attached hydrogen (secondary N) is 1. The van der Waals surface area contributed by atoms with Crippen LogP contribution in [0.1, 0.15) is 24.5 Å². The number of piperidine rings is 1. The summed E-state index contributed by atoms with van der Waals surface area (Å²) in [6, 6.07) is 4.66. The summed E-state index contributed by atoms with van der Waals surface area (Å²) in [6.07, 6.45) is 0.996. The number of hydrogen-bond acceptors (Lipinski definition) is 3. The third-order valence-electron chi connectivity index (χ3n) is 3.74. The molecule has 21 heavy (non-hydrogen) atoms. The summed E-state index contributed by atoms with van der Waals surface area (Å²) < 4.78 is 0. The molecule has 2 N–H and O–H groups in total. The number of nitrogens with zero attached hydrogens (tertiary/aromatic N) is 1. The van der Waals surface area contributed by atoms with E-state index >= 15 is 0 Å². The van der Waals surface area contributed by atoms with Crippen molar-refractivity contribution in [3.05, 3.63) is 33.8 Å². The SMILES string of the molecule is CN1CCCC(CNC(=O)C(O)c2cc(Cl)cc(Cl)c2)C1. The quantitative estimate of drug-likeness (QED) is 0.891. The van der Waals surface area contributed by atoms with E-state index in [0.717, 1.165) is 25.9 Å². The number of amides is 1. The second kappa shape index (κ2) is 7.45. The molecule has 1 saturated heterocycles. The highest BCUT2D eigenvalue weighted by atomic mass is 35.5. The second-order valence-electron chi connectivity index (χ2n) is 5.62. The van der Waals surface area contributed by atoms with Crippen LogP contribution >= 0.6 is 23.2 Å². The minimum atomic E-state index is -1.25. The maximum absolute atomic E-state index is 12.0. The normalized spacial score (nSPS) is 21.0. The Hall–Kier alpha value is -0.810. The van der Waals surface area contributed by atoms with E-state index in [2.05, 4.69) is 17.3 Å². The summed E-state index contributed by atoms with van der Waals surface area (Å²) in [7, 11) is 2.08. The predicted molar refractivity (Wildman–Crippen MR) is 84.7 cm³/mol. The number of carbonyl (C=O) groups excluding carboxylic acids is 1.